The van der Waals surface area contributed by atoms with Gasteiger partial charge in [-0.15, -0.1) is 0 Å². The van der Waals surface area contributed by atoms with Gasteiger partial charge < -0.3 is 19.9 Å². The summed E-state index contributed by atoms with van der Waals surface area (Å²) in [5.74, 6) is 1.82. The van der Waals surface area contributed by atoms with Crippen LogP contribution in [0.2, 0.25) is 0 Å². The number of hydrogen-bond acceptors (Lipinski definition) is 4. The highest BCUT2D eigenvalue weighted by Crippen LogP contribution is 2.50. The number of benzene rings is 1. The first-order chi connectivity index (χ1) is 8.80. The molecule has 2 aliphatic rings. The second-order valence-corrected chi connectivity index (χ2v) is 5.07. The third kappa shape index (κ3) is 1.60. The molecule has 18 heavy (non-hydrogen) atoms. The monoisotopic (exact) mass is 249 g/mol. The Kier molecular flexibility index (Phi) is 2.92. The Morgan fingerprint density at radius 2 is 2.22 bits per heavy atom. The molecular formula is C14H19NO3. The molecule has 2 N–H and O–H groups in total. The standard InChI is InChI=1S/C14H19NO3/c1-16-12-4-3-11-10(7-17-9-18-11)13(12)14(8-15)5-2-6-14/h3-4H,2,5-9,15H2,1H3. The highest BCUT2D eigenvalue weighted by molar-refractivity contribution is 5.54. The molecule has 0 bridgehead atoms. The lowest BCUT2D eigenvalue weighted by Gasteiger charge is -2.44. The topological polar surface area (TPSA) is 53.7 Å². The Morgan fingerprint density at radius 3 is 2.83 bits per heavy atom. The Labute approximate surface area is 107 Å². The molecule has 1 saturated carbocycles. The summed E-state index contributed by atoms with van der Waals surface area (Å²) in [6.07, 6.45) is 3.47. The zero-order valence-corrected chi connectivity index (χ0v) is 10.7. The van der Waals surface area contributed by atoms with E-state index in [0.29, 0.717) is 19.9 Å². The van der Waals surface area contributed by atoms with Gasteiger partial charge in [-0.2, -0.15) is 0 Å². The van der Waals surface area contributed by atoms with Crippen LogP contribution >= 0.6 is 0 Å². The average molecular weight is 249 g/mol. The molecule has 0 amide bonds. The van der Waals surface area contributed by atoms with Gasteiger partial charge >= 0.3 is 0 Å². The number of methoxy groups -OCH3 is 1. The second kappa shape index (κ2) is 4.44. The van der Waals surface area contributed by atoms with Crippen LogP contribution in [0.3, 0.4) is 0 Å². The Hall–Kier alpha value is -1.26. The minimum atomic E-state index is 0.0563. The van der Waals surface area contributed by atoms with Crippen LogP contribution in [-0.4, -0.2) is 20.4 Å². The van der Waals surface area contributed by atoms with Gasteiger partial charge in [0.1, 0.15) is 11.5 Å². The van der Waals surface area contributed by atoms with E-state index in [-0.39, 0.29) is 5.41 Å². The molecule has 1 fully saturated rings. The summed E-state index contributed by atoms with van der Waals surface area (Å²) in [4.78, 5) is 0. The van der Waals surface area contributed by atoms with Gasteiger partial charge in [-0.3, -0.25) is 0 Å². The minimum absolute atomic E-state index is 0.0563. The maximum Gasteiger partial charge on any atom is 0.189 e. The van der Waals surface area contributed by atoms with Crippen LogP contribution < -0.4 is 15.2 Å². The van der Waals surface area contributed by atoms with E-state index >= 15 is 0 Å². The third-order valence-electron chi connectivity index (χ3n) is 4.23. The molecule has 0 radical (unpaired) electrons. The van der Waals surface area contributed by atoms with Crippen molar-refractivity contribution in [3.8, 4) is 11.5 Å². The maximum atomic E-state index is 6.02. The first-order valence-electron chi connectivity index (χ1n) is 6.42. The molecule has 4 nitrogen and oxygen atoms in total. The average Bonchev–Trinajstić information content (AvgIpc) is 2.38. The molecule has 0 unspecified atom stereocenters. The van der Waals surface area contributed by atoms with E-state index in [1.54, 1.807) is 7.11 Å². The van der Waals surface area contributed by atoms with Crippen LogP contribution in [0.15, 0.2) is 12.1 Å². The molecular weight excluding hydrogens is 230 g/mol. The molecule has 3 rings (SSSR count). The normalized spacial score (nSPS) is 20.6. The second-order valence-electron chi connectivity index (χ2n) is 5.07. The van der Waals surface area contributed by atoms with Crippen molar-refractivity contribution < 1.29 is 14.2 Å². The van der Waals surface area contributed by atoms with Crippen LogP contribution in [0.4, 0.5) is 0 Å². The lowest BCUT2D eigenvalue weighted by Crippen LogP contribution is -2.43. The van der Waals surface area contributed by atoms with E-state index in [9.17, 15) is 0 Å². The van der Waals surface area contributed by atoms with Gasteiger partial charge in [0.15, 0.2) is 6.79 Å². The van der Waals surface area contributed by atoms with Gasteiger partial charge in [-0.05, 0) is 25.0 Å². The van der Waals surface area contributed by atoms with Gasteiger partial charge in [0.2, 0.25) is 0 Å². The number of ether oxygens (including phenoxy) is 3. The Morgan fingerprint density at radius 1 is 1.39 bits per heavy atom. The molecule has 1 aliphatic carbocycles. The molecule has 1 aromatic carbocycles. The SMILES string of the molecule is COc1ccc2c(c1C1(CN)CCC1)COCO2. The fourth-order valence-electron chi connectivity index (χ4n) is 3.05. The smallest absolute Gasteiger partial charge is 0.189 e. The Bertz CT molecular complexity index is 449. The van der Waals surface area contributed by atoms with Crippen LogP contribution in [0, 0.1) is 0 Å². The first kappa shape index (κ1) is 11.8. The maximum absolute atomic E-state index is 6.02. The largest absolute Gasteiger partial charge is 0.496 e. The summed E-state index contributed by atoms with van der Waals surface area (Å²) in [5.41, 5.74) is 8.40. The lowest BCUT2D eigenvalue weighted by atomic mass is 9.63. The van der Waals surface area contributed by atoms with Crippen LogP contribution in [0.1, 0.15) is 30.4 Å². The number of nitrogens with two attached hydrogens (primary N) is 1. The van der Waals surface area contributed by atoms with Crippen molar-refractivity contribution in [2.75, 3.05) is 20.4 Å². The predicted molar refractivity (Wildman–Crippen MR) is 67.9 cm³/mol. The summed E-state index contributed by atoms with van der Waals surface area (Å²) in [6.45, 7) is 1.57. The van der Waals surface area contributed by atoms with Crippen LogP contribution in [-0.2, 0) is 16.8 Å². The van der Waals surface area contributed by atoms with Gasteiger partial charge in [-0.25, -0.2) is 0 Å². The summed E-state index contributed by atoms with van der Waals surface area (Å²) >= 11 is 0. The van der Waals surface area contributed by atoms with E-state index < -0.39 is 0 Å². The highest BCUT2D eigenvalue weighted by Gasteiger charge is 2.42. The zero-order chi connectivity index (χ0) is 12.6. The van der Waals surface area contributed by atoms with Gasteiger partial charge in [0.25, 0.3) is 0 Å². The van der Waals surface area contributed by atoms with Gasteiger partial charge in [0, 0.05) is 23.1 Å². The quantitative estimate of drug-likeness (QED) is 0.889. The summed E-state index contributed by atoms with van der Waals surface area (Å²) in [5, 5.41) is 0. The van der Waals surface area contributed by atoms with E-state index in [1.165, 1.54) is 12.0 Å². The van der Waals surface area contributed by atoms with Crippen molar-refractivity contribution in [3.05, 3.63) is 23.3 Å². The number of hydrogen-bond donors (Lipinski definition) is 1. The van der Waals surface area contributed by atoms with Crippen LogP contribution in [0.5, 0.6) is 11.5 Å². The number of rotatable bonds is 3. The van der Waals surface area contributed by atoms with Gasteiger partial charge in [0.05, 0.1) is 13.7 Å². The summed E-state index contributed by atoms with van der Waals surface area (Å²) < 4.78 is 16.5. The highest BCUT2D eigenvalue weighted by atomic mass is 16.7. The van der Waals surface area contributed by atoms with E-state index in [4.69, 9.17) is 19.9 Å². The molecule has 1 aromatic rings. The molecule has 1 aliphatic heterocycles. The minimum Gasteiger partial charge on any atom is -0.496 e. The fraction of sp³-hybridized carbons (Fsp3) is 0.571. The van der Waals surface area contributed by atoms with E-state index in [1.807, 2.05) is 12.1 Å². The molecule has 0 atom stereocenters. The first-order valence-corrected chi connectivity index (χ1v) is 6.42. The van der Waals surface area contributed by atoms with Crippen molar-refractivity contribution in [3.63, 3.8) is 0 Å². The van der Waals surface area contributed by atoms with Gasteiger partial charge in [-0.1, -0.05) is 6.42 Å². The van der Waals surface area contributed by atoms with E-state index in [0.717, 1.165) is 29.9 Å². The van der Waals surface area contributed by atoms with Crippen molar-refractivity contribution >= 4 is 0 Å². The summed E-state index contributed by atoms with van der Waals surface area (Å²) in [6, 6.07) is 3.94. The molecule has 1 heterocycles. The number of fused-ring (bicyclic) bond motifs is 1. The van der Waals surface area contributed by atoms with Crippen molar-refractivity contribution in [1.82, 2.24) is 0 Å². The van der Waals surface area contributed by atoms with Crippen LogP contribution in [0.25, 0.3) is 0 Å². The van der Waals surface area contributed by atoms with Crippen molar-refractivity contribution in [1.29, 1.82) is 0 Å². The zero-order valence-electron chi connectivity index (χ0n) is 10.7. The molecule has 4 heteroatoms. The Balaban J connectivity index is 2.15. The molecule has 0 saturated heterocycles. The molecule has 98 valence electrons. The van der Waals surface area contributed by atoms with Crippen molar-refractivity contribution in [2.45, 2.75) is 31.3 Å². The molecule has 0 aromatic heterocycles. The fourth-order valence-corrected chi connectivity index (χ4v) is 3.05. The van der Waals surface area contributed by atoms with Crippen molar-refractivity contribution in [2.24, 2.45) is 5.73 Å². The lowest BCUT2D eigenvalue weighted by molar-refractivity contribution is -0.0180. The predicted octanol–water partition coefficient (Wildman–Crippen LogP) is 1.94. The third-order valence-corrected chi connectivity index (χ3v) is 4.23. The summed E-state index contributed by atoms with van der Waals surface area (Å²) in [7, 11) is 1.71. The van der Waals surface area contributed by atoms with E-state index in [2.05, 4.69) is 0 Å². The molecule has 0 spiro atoms.